The quantitative estimate of drug-likeness (QED) is 0.872. The maximum atomic E-state index is 12.8. The summed E-state index contributed by atoms with van der Waals surface area (Å²) in [6.45, 7) is -1.18. The predicted octanol–water partition coefficient (Wildman–Crippen LogP) is 3.07. The zero-order chi connectivity index (χ0) is 16.5. The Morgan fingerprint density at radius 3 is 2.50 bits per heavy atom. The normalized spacial score (nSPS) is 21.7. The Bertz CT molecular complexity index is 594. The molecule has 1 aromatic carbocycles. The van der Waals surface area contributed by atoms with Gasteiger partial charge in [0.2, 0.25) is 0 Å². The molecule has 0 bridgehead atoms. The van der Waals surface area contributed by atoms with E-state index in [0.29, 0.717) is 10.7 Å². The number of rotatable bonds is 2. The van der Waals surface area contributed by atoms with Crippen molar-refractivity contribution in [3.05, 3.63) is 29.3 Å². The monoisotopic (exact) mass is 336 g/mol. The van der Waals surface area contributed by atoms with Gasteiger partial charge < -0.3 is 15.3 Å². The second-order valence-electron chi connectivity index (χ2n) is 4.94. The van der Waals surface area contributed by atoms with E-state index in [4.69, 9.17) is 16.7 Å². The molecule has 5 nitrogen and oxygen atoms in total. The fraction of sp³-hybridized carbons (Fsp3) is 0.385. The van der Waals surface area contributed by atoms with E-state index in [1.807, 2.05) is 0 Å². The smallest absolute Gasteiger partial charge is 0.394 e. The van der Waals surface area contributed by atoms with E-state index in [1.54, 1.807) is 12.1 Å². The second kappa shape index (κ2) is 6.04. The Morgan fingerprint density at radius 1 is 1.32 bits per heavy atom. The Kier molecular flexibility index (Phi) is 4.50. The molecule has 1 fully saturated rings. The van der Waals surface area contributed by atoms with Crippen LogP contribution in [0.3, 0.4) is 0 Å². The summed E-state index contributed by atoms with van der Waals surface area (Å²) in [5.41, 5.74) is 0.319. The van der Waals surface area contributed by atoms with Crippen LogP contribution in [0.25, 0.3) is 0 Å². The van der Waals surface area contributed by atoms with E-state index in [2.05, 4.69) is 5.32 Å². The molecule has 22 heavy (non-hydrogen) atoms. The van der Waals surface area contributed by atoms with Crippen molar-refractivity contribution in [3.63, 3.8) is 0 Å². The van der Waals surface area contributed by atoms with Gasteiger partial charge in [-0.2, -0.15) is 13.2 Å². The number of amides is 2. The number of carbonyl (C=O) groups is 2. The first-order valence-electron chi connectivity index (χ1n) is 6.29. The van der Waals surface area contributed by atoms with Gasteiger partial charge in [-0.3, -0.25) is 4.79 Å². The summed E-state index contributed by atoms with van der Waals surface area (Å²) in [6, 6.07) is 5.31. The van der Waals surface area contributed by atoms with Gasteiger partial charge in [0.1, 0.15) is 0 Å². The first-order chi connectivity index (χ1) is 10.2. The molecule has 1 saturated heterocycles. The van der Waals surface area contributed by atoms with Gasteiger partial charge in [0, 0.05) is 23.8 Å². The first kappa shape index (κ1) is 16.4. The van der Waals surface area contributed by atoms with Crippen LogP contribution in [0.1, 0.15) is 0 Å². The van der Waals surface area contributed by atoms with Crippen molar-refractivity contribution >= 4 is 29.3 Å². The lowest BCUT2D eigenvalue weighted by Crippen LogP contribution is -2.35. The van der Waals surface area contributed by atoms with Crippen LogP contribution in [0.2, 0.25) is 5.02 Å². The first-order valence-corrected chi connectivity index (χ1v) is 6.67. The standard InChI is InChI=1S/C13H12ClF3N2O3/c14-7-2-1-3-8(4-7)18-12(22)19-5-9(11(20)21)10(6-19)13(15,16)17/h1-4,9-10H,5-6H2,(H,18,22)(H,20,21)/t9-,10-/m1/s1. The number of carboxylic acids is 1. The van der Waals surface area contributed by atoms with Gasteiger partial charge in [0.05, 0.1) is 11.8 Å². The van der Waals surface area contributed by atoms with Crippen LogP contribution in [-0.4, -0.2) is 41.3 Å². The van der Waals surface area contributed by atoms with E-state index in [-0.39, 0.29) is 0 Å². The number of hydrogen-bond donors (Lipinski definition) is 2. The maximum Gasteiger partial charge on any atom is 0.394 e. The zero-order valence-corrected chi connectivity index (χ0v) is 11.9. The molecule has 2 rings (SSSR count). The summed E-state index contributed by atoms with van der Waals surface area (Å²) >= 11 is 5.74. The highest BCUT2D eigenvalue weighted by Gasteiger charge is 2.53. The molecule has 1 aromatic rings. The van der Waals surface area contributed by atoms with Gasteiger partial charge in [-0.1, -0.05) is 17.7 Å². The number of halogens is 4. The summed E-state index contributed by atoms with van der Waals surface area (Å²) < 4.78 is 38.5. The number of carbonyl (C=O) groups excluding carboxylic acids is 1. The number of nitrogens with one attached hydrogen (secondary N) is 1. The average molecular weight is 337 g/mol. The number of anilines is 1. The molecule has 9 heteroatoms. The van der Waals surface area contributed by atoms with Crippen molar-refractivity contribution in [2.75, 3.05) is 18.4 Å². The van der Waals surface area contributed by atoms with Crippen molar-refractivity contribution in [2.45, 2.75) is 6.18 Å². The number of nitrogens with zero attached hydrogens (tertiary/aromatic N) is 1. The minimum atomic E-state index is -4.67. The molecule has 0 radical (unpaired) electrons. The van der Waals surface area contributed by atoms with Crippen LogP contribution in [0.15, 0.2) is 24.3 Å². The average Bonchev–Trinajstić information content (AvgIpc) is 2.83. The number of likely N-dealkylation sites (tertiary alicyclic amines) is 1. The number of aliphatic carboxylic acids is 1. The minimum absolute atomic E-state index is 0.319. The number of hydrogen-bond acceptors (Lipinski definition) is 2. The van der Waals surface area contributed by atoms with Crippen LogP contribution in [0.5, 0.6) is 0 Å². The predicted molar refractivity (Wildman–Crippen MR) is 72.7 cm³/mol. The van der Waals surface area contributed by atoms with Gasteiger partial charge in [0.25, 0.3) is 0 Å². The molecule has 1 heterocycles. The SMILES string of the molecule is O=C(O)[C@@H]1CN(C(=O)Nc2cccc(Cl)c2)C[C@H]1C(F)(F)F. The van der Waals surface area contributed by atoms with Crippen molar-refractivity contribution in [1.82, 2.24) is 4.90 Å². The van der Waals surface area contributed by atoms with Crippen LogP contribution < -0.4 is 5.32 Å². The molecule has 120 valence electrons. The fourth-order valence-electron chi connectivity index (χ4n) is 2.32. The minimum Gasteiger partial charge on any atom is -0.481 e. The Labute approximate surface area is 128 Å². The summed E-state index contributed by atoms with van der Waals surface area (Å²) in [6.07, 6.45) is -4.67. The summed E-state index contributed by atoms with van der Waals surface area (Å²) in [4.78, 5) is 23.8. The molecule has 0 unspecified atom stereocenters. The highest BCUT2D eigenvalue weighted by Crippen LogP contribution is 2.37. The van der Waals surface area contributed by atoms with E-state index in [1.165, 1.54) is 12.1 Å². The molecule has 2 atom stereocenters. The van der Waals surface area contributed by atoms with Crippen LogP contribution in [-0.2, 0) is 4.79 Å². The number of alkyl halides is 3. The fourth-order valence-corrected chi connectivity index (χ4v) is 2.51. The largest absolute Gasteiger partial charge is 0.481 e. The summed E-state index contributed by atoms with van der Waals surface area (Å²) in [5.74, 6) is -5.30. The van der Waals surface area contributed by atoms with E-state index in [0.717, 1.165) is 4.90 Å². The van der Waals surface area contributed by atoms with Gasteiger partial charge >= 0.3 is 18.2 Å². The third-order valence-electron chi connectivity index (χ3n) is 3.42. The zero-order valence-electron chi connectivity index (χ0n) is 11.1. The molecular weight excluding hydrogens is 325 g/mol. The molecule has 0 spiro atoms. The van der Waals surface area contributed by atoms with Crippen LogP contribution in [0.4, 0.5) is 23.7 Å². The summed E-state index contributed by atoms with van der Waals surface area (Å²) in [5, 5.41) is 11.7. The third kappa shape index (κ3) is 3.62. The number of urea groups is 1. The Balaban J connectivity index is 2.10. The third-order valence-corrected chi connectivity index (χ3v) is 3.66. The molecule has 1 aliphatic heterocycles. The van der Waals surface area contributed by atoms with Gasteiger partial charge in [-0.05, 0) is 18.2 Å². The highest BCUT2D eigenvalue weighted by molar-refractivity contribution is 6.30. The Hall–Kier alpha value is -1.96. The lowest BCUT2D eigenvalue weighted by Gasteiger charge is -2.18. The highest BCUT2D eigenvalue weighted by atomic mass is 35.5. The van der Waals surface area contributed by atoms with Gasteiger partial charge in [-0.25, -0.2) is 4.79 Å². The van der Waals surface area contributed by atoms with Gasteiger partial charge in [-0.15, -0.1) is 0 Å². The molecule has 1 aliphatic rings. The lowest BCUT2D eigenvalue weighted by atomic mass is 9.96. The molecule has 0 aliphatic carbocycles. The Morgan fingerprint density at radius 2 is 2.00 bits per heavy atom. The van der Waals surface area contributed by atoms with Crippen molar-refractivity contribution in [2.24, 2.45) is 11.8 Å². The maximum absolute atomic E-state index is 12.8. The number of carboxylic acid groups (broad SMARTS) is 1. The van der Waals surface area contributed by atoms with Crippen molar-refractivity contribution in [1.29, 1.82) is 0 Å². The molecule has 2 amide bonds. The van der Waals surface area contributed by atoms with Crippen molar-refractivity contribution < 1.29 is 27.9 Å². The number of benzene rings is 1. The van der Waals surface area contributed by atoms with E-state index in [9.17, 15) is 22.8 Å². The van der Waals surface area contributed by atoms with Crippen molar-refractivity contribution in [3.8, 4) is 0 Å². The molecule has 0 aromatic heterocycles. The van der Waals surface area contributed by atoms with Gasteiger partial charge in [0.15, 0.2) is 0 Å². The molecule has 0 saturated carbocycles. The topological polar surface area (TPSA) is 69.6 Å². The molecular formula is C13H12ClF3N2O3. The molecule has 2 N–H and O–H groups in total. The lowest BCUT2D eigenvalue weighted by molar-refractivity contribution is -0.187. The van der Waals surface area contributed by atoms with Crippen LogP contribution >= 0.6 is 11.6 Å². The van der Waals surface area contributed by atoms with Crippen LogP contribution in [0, 0.1) is 11.8 Å². The van der Waals surface area contributed by atoms with E-state index >= 15 is 0 Å². The van der Waals surface area contributed by atoms with E-state index < -0.39 is 43.1 Å². The second-order valence-corrected chi connectivity index (χ2v) is 5.37. The summed E-state index contributed by atoms with van der Waals surface area (Å²) in [7, 11) is 0.